The second-order valence-corrected chi connectivity index (χ2v) is 5.99. The molecule has 0 bridgehead atoms. The number of nitrogens with zero attached hydrogens (tertiary/aromatic N) is 1. The summed E-state index contributed by atoms with van der Waals surface area (Å²) in [5.41, 5.74) is 6.21. The van der Waals surface area contributed by atoms with E-state index in [1.54, 1.807) is 0 Å². The minimum atomic E-state index is 0.445. The quantitative estimate of drug-likeness (QED) is 0.815. The highest BCUT2D eigenvalue weighted by atomic mass is 16.5. The number of nitrogens with two attached hydrogens (primary N) is 1. The predicted octanol–water partition coefficient (Wildman–Crippen LogP) is 1.86. The zero-order chi connectivity index (χ0) is 12.1. The van der Waals surface area contributed by atoms with Gasteiger partial charge in [0.1, 0.15) is 0 Å². The molecule has 2 N–H and O–H groups in total. The van der Waals surface area contributed by atoms with Crippen molar-refractivity contribution in [1.29, 1.82) is 0 Å². The van der Waals surface area contributed by atoms with Gasteiger partial charge in [-0.3, -0.25) is 0 Å². The van der Waals surface area contributed by atoms with E-state index < -0.39 is 0 Å². The van der Waals surface area contributed by atoms with Crippen LogP contribution in [0.15, 0.2) is 0 Å². The van der Waals surface area contributed by atoms with E-state index in [1.165, 1.54) is 51.6 Å². The highest BCUT2D eigenvalue weighted by Crippen LogP contribution is 2.24. The lowest BCUT2D eigenvalue weighted by Crippen LogP contribution is -2.41. The van der Waals surface area contributed by atoms with Gasteiger partial charge in [-0.2, -0.15) is 0 Å². The van der Waals surface area contributed by atoms with Crippen molar-refractivity contribution in [2.45, 2.75) is 44.6 Å². The van der Waals surface area contributed by atoms with Gasteiger partial charge in [0, 0.05) is 32.3 Å². The molecule has 3 nitrogen and oxygen atoms in total. The van der Waals surface area contributed by atoms with Crippen molar-refractivity contribution in [3.05, 3.63) is 0 Å². The van der Waals surface area contributed by atoms with E-state index in [9.17, 15) is 0 Å². The summed E-state index contributed by atoms with van der Waals surface area (Å²) in [6.07, 6.45) is 7.75. The summed E-state index contributed by atoms with van der Waals surface area (Å²) < 4.78 is 5.41. The standard InChI is InChI=1S/C14H28N2O/c1-16(10-12-6-8-17-9-7-12)11-13-4-2-3-5-14(13)15/h12-14H,2-11,15H2,1H3. The highest BCUT2D eigenvalue weighted by Gasteiger charge is 2.24. The van der Waals surface area contributed by atoms with Gasteiger partial charge in [-0.25, -0.2) is 0 Å². The van der Waals surface area contributed by atoms with Crippen LogP contribution >= 0.6 is 0 Å². The maximum atomic E-state index is 6.21. The van der Waals surface area contributed by atoms with Crippen LogP contribution in [0.5, 0.6) is 0 Å². The third-order valence-corrected chi connectivity index (χ3v) is 4.42. The van der Waals surface area contributed by atoms with E-state index >= 15 is 0 Å². The summed E-state index contributed by atoms with van der Waals surface area (Å²) in [6.45, 7) is 4.34. The third kappa shape index (κ3) is 4.23. The van der Waals surface area contributed by atoms with Crippen LogP contribution in [0.4, 0.5) is 0 Å². The van der Waals surface area contributed by atoms with E-state index in [2.05, 4.69) is 11.9 Å². The summed E-state index contributed by atoms with van der Waals surface area (Å²) >= 11 is 0. The van der Waals surface area contributed by atoms with Gasteiger partial charge in [-0.1, -0.05) is 12.8 Å². The molecule has 0 aromatic carbocycles. The van der Waals surface area contributed by atoms with Crippen LogP contribution in [-0.2, 0) is 4.74 Å². The van der Waals surface area contributed by atoms with Crippen LogP contribution in [0, 0.1) is 11.8 Å². The van der Waals surface area contributed by atoms with Gasteiger partial charge in [0.15, 0.2) is 0 Å². The molecule has 0 aromatic heterocycles. The summed E-state index contributed by atoms with van der Waals surface area (Å²) in [6, 6.07) is 0.445. The molecule has 1 heterocycles. The van der Waals surface area contributed by atoms with E-state index in [0.717, 1.165) is 25.0 Å². The van der Waals surface area contributed by atoms with Crippen molar-refractivity contribution in [1.82, 2.24) is 4.90 Å². The smallest absolute Gasteiger partial charge is 0.0469 e. The number of ether oxygens (including phenoxy) is 1. The Kier molecular flexibility index (Phi) is 5.26. The first-order valence-electron chi connectivity index (χ1n) is 7.27. The summed E-state index contributed by atoms with van der Waals surface area (Å²) in [5.74, 6) is 1.57. The van der Waals surface area contributed by atoms with E-state index in [4.69, 9.17) is 10.5 Å². The van der Waals surface area contributed by atoms with Crippen molar-refractivity contribution in [3.8, 4) is 0 Å². The Morgan fingerprint density at radius 2 is 1.76 bits per heavy atom. The van der Waals surface area contributed by atoms with Crippen molar-refractivity contribution < 1.29 is 4.74 Å². The average Bonchev–Trinajstić information content (AvgIpc) is 2.33. The minimum absolute atomic E-state index is 0.445. The highest BCUT2D eigenvalue weighted by molar-refractivity contribution is 4.80. The molecule has 2 rings (SSSR count). The first-order chi connectivity index (χ1) is 8.25. The maximum absolute atomic E-state index is 6.21. The van der Waals surface area contributed by atoms with Crippen molar-refractivity contribution >= 4 is 0 Å². The number of hydrogen-bond acceptors (Lipinski definition) is 3. The van der Waals surface area contributed by atoms with Crippen LogP contribution in [0.25, 0.3) is 0 Å². The fraction of sp³-hybridized carbons (Fsp3) is 1.00. The molecule has 17 heavy (non-hydrogen) atoms. The largest absolute Gasteiger partial charge is 0.381 e. The van der Waals surface area contributed by atoms with Gasteiger partial charge in [0.25, 0.3) is 0 Å². The van der Waals surface area contributed by atoms with Crippen LogP contribution in [0.2, 0.25) is 0 Å². The maximum Gasteiger partial charge on any atom is 0.0469 e. The second-order valence-electron chi connectivity index (χ2n) is 5.99. The molecule has 0 amide bonds. The van der Waals surface area contributed by atoms with E-state index in [1.807, 2.05) is 0 Å². The van der Waals surface area contributed by atoms with Gasteiger partial charge in [0.05, 0.1) is 0 Å². The molecular formula is C14H28N2O. The van der Waals surface area contributed by atoms with Gasteiger partial charge >= 0.3 is 0 Å². The van der Waals surface area contributed by atoms with Crippen molar-refractivity contribution in [2.75, 3.05) is 33.4 Å². The molecule has 2 unspecified atom stereocenters. The monoisotopic (exact) mass is 240 g/mol. The zero-order valence-electron chi connectivity index (χ0n) is 11.2. The van der Waals surface area contributed by atoms with Crippen LogP contribution in [0.1, 0.15) is 38.5 Å². The normalized spacial score (nSPS) is 31.9. The molecule has 2 fully saturated rings. The molecule has 2 atom stereocenters. The summed E-state index contributed by atoms with van der Waals surface area (Å²) in [5, 5.41) is 0. The summed E-state index contributed by atoms with van der Waals surface area (Å²) in [7, 11) is 2.26. The Bertz CT molecular complexity index is 216. The molecule has 0 aromatic rings. The minimum Gasteiger partial charge on any atom is -0.381 e. The van der Waals surface area contributed by atoms with Gasteiger partial charge < -0.3 is 15.4 Å². The van der Waals surface area contributed by atoms with Crippen LogP contribution < -0.4 is 5.73 Å². The lowest BCUT2D eigenvalue weighted by Gasteiger charge is -2.34. The predicted molar refractivity (Wildman–Crippen MR) is 71.0 cm³/mol. The Morgan fingerprint density at radius 1 is 1.06 bits per heavy atom. The number of rotatable bonds is 4. The fourth-order valence-corrected chi connectivity index (χ4v) is 3.31. The molecule has 100 valence electrons. The van der Waals surface area contributed by atoms with Crippen LogP contribution in [-0.4, -0.2) is 44.3 Å². The van der Waals surface area contributed by atoms with Gasteiger partial charge in [-0.15, -0.1) is 0 Å². The Hall–Kier alpha value is -0.120. The topological polar surface area (TPSA) is 38.5 Å². The van der Waals surface area contributed by atoms with E-state index in [0.29, 0.717) is 6.04 Å². The van der Waals surface area contributed by atoms with Crippen molar-refractivity contribution in [2.24, 2.45) is 17.6 Å². The molecule has 0 radical (unpaired) electrons. The van der Waals surface area contributed by atoms with Crippen LogP contribution in [0.3, 0.4) is 0 Å². The molecule has 1 saturated heterocycles. The Balaban J connectivity index is 1.70. The third-order valence-electron chi connectivity index (χ3n) is 4.42. The fourth-order valence-electron chi connectivity index (χ4n) is 3.31. The Labute approximate surface area is 106 Å². The second kappa shape index (κ2) is 6.72. The Morgan fingerprint density at radius 3 is 2.47 bits per heavy atom. The van der Waals surface area contributed by atoms with Gasteiger partial charge in [0.2, 0.25) is 0 Å². The van der Waals surface area contributed by atoms with Gasteiger partial charge in [-0.05, 0) is 44.6 Å². The molecule has 1 aliphatic heterocycles. The first kappa shape index (κ1) is 13.3. The molecule has 1 aliphatic carbocycles. The molecule has 3 heteroatoms. The average molecular weight is 240 g/mol. The lowest BCUT2D eigenvalue weighted by molar-refractivity contribution is 0.0526. The zero-order valence-corrected chi connectivity index (χ0v) is 11.2. The first-order valence-corrected chi connectivity index (χ1v) is 7.27. The lowest BCUT2D eigenvalue weighted by atomic mass is 9.84. The summed E-state index contributed by atoms with van der Waals surface area (Å²) in [4.78, 5) is 2.51. The molecular weight excluding hydrogens is 212 g/mol. The number of hydrogen-bond donors (Lipinski definition) is 1. The SMILES string of the molecule is CN(CC1CCOCC1)CC1CCCCC1N. The molecule has 2 aliphatic rings. The van der Waals surface area contributed by atoms with Crippen molar-refractivity contribution in [3.63, 3.8) is 0 Å². The van der Waals surface area contributed by atoms with E-state index in [-0.39, 0.29) is 0 Å². The molecule has 0 spiro atoms. The molecule has 1 saturated carbocycles.